The van der Waals surface area contributed by atoms with Gasteiger partial charge in [-0.25, -0.2) is 0 Å². The molecule has 3 aromatic rings. The van der Waals surface area contributed by atoms with Crippen LogP contribution in [-0.2, 0) is 16.1 Å². The van der Waals surface area contributed by atoms with Crippen LogP contribution in [0.3, 0.4) is 0 Å². The fourth-order valence-electron chi connectivity index (χ4n) is 4.17. The van der Waals surface area contributed by atoms with Crippen LogP contribution in [0.5, 0.6) is 0 Å². The third-order valence-corrected chi connectivity index (χ3v) is 5.40. The van der Waals surface area contributed by atoms with Crippen molar-refractivity contribution in [3.63, 3.8) is 0 Å². The van der Waals surface area contributed by atoms with E-state index in [1.54, 1.807) is 0 Å². The molecule has 0 aromatic heterocycles. The molecule has 1 aliphatic heterocycles. The third-order valence-electron chi connectivity index (χ3n) is 5.40. The molecular weight excluding hydrogens is 322 g/mol. The highest BCUT2D eigenvalue weighted by atomic mass is 16.5. The Morgan fingerprint density at radius 2 is 1.77 bits per heavy atom. The normalized spacial score (nSPS) is 18.3. The molecule has 26 heavy (non-hydrogen) atoms. The Morgan fingerprint density at radius 3 is 2.58 bits per heavy atom. The molecular formula is C23H25NO2. The van der Waals surface area contributed by atoms with Gasteiger partial charge in [-0.2, -0.15) is 0 Å². The first-order valence-corrected chi connectivity index (χ1v) is 9.58. The van der Waals surface area contributed by atoms with E-state index in [2.05, 4.69) is 59.5 Å². The van der Waals surface area contributed by atoms with E-state index in [1.165, 1.54) is 27.1 Å². The molecule has 1 heterocycles. The van der Waals surface area contributed by atoms with Crippen molar-refractivity contribution in [2.45, 2.75) is 38.8 Å². The van der Waals surface area contributed by atoms with Crippen molar-refractivity contribution in [3.8, 4) is 0 Å². The van der Waals surface area contributed by atoms with E-state index < -0.39 is 0 Å². The van der Waals surface area contributed by atoms with Crippen molar-refractivity contribution >= 4 is 27.5 Å². The molecule has 1 unspecified atom stereocenters. The zero-order valence-electron chi connectivity index (χ0n) is 15.3. The molecule has 0 spiro atoms. The lowest BCUT2D eigenvalue weighted by Gasteiger charge is -2.34. The largest absolute Gasteiger partial charge is 0.465 e. The first-order valence-electron chi connectivity index (χ1n) is 9.58. The summed E-state index contributed by atoms with van der Waals surface area (Å²) in [5, 5.41) is 5.10. The van der Waals surface area contributed by atoms with E-state index in [4.69, 9.17) is 4.74 Å². The minimum absolute atomic E-state index is 0.0719. The van der Waals surface area contributed by atoms with Crippen molar-refractivity contribution in [2.24, 2.45) is 0 Å². The molecule has 1 fully saturated rings. The molecule has 1 atom stereocenters. The SMILES string of the molecule is CCOC(=O)C1CCCCN1Cc1cc2ccccc2c2ccccc12. The number of benzene rings is 3. The van der Waals surface area contributed by atoms with Crippen LogP contribution < -0.4 is 0 Å². The van der Waals surface area contributed by atoms with Gasteiger partial charge in [-0.05, 0) is 59.5 Å². The number of carbonyl (C=O) groups excluding carboxylic acids is 1. The number of hydrogen-bond acceptors (Lipinski definition) is 3. The topological polar surface area (TPSA) is 29.5 Å². The van der Waals surface area contributed by atoms with Gasteiger partial charge in [0.15, 0.2) is 0 Å². The standard InChI is InChI=1S/C23H25NO2/c1-2-26-23(25)22-13-7-8-14-24(22)16-18-15-17-9-3-4-10-19(17)21-12-6-5-11-20(18)21/h3-6,9-12,15,22H,2,7-8,13-14,16H2,1H3. The maximum absolute atomic E-state index is 12.4. The van der Waals surface area contributed by atoms with Crippen LogP contribution in [0.15, 0.2) is 54.6 Å². The number of esters is 1. The second-order valence-corrected chi connectivity index (χ2v) is 7.04. The Bertz CT molecular complexity index is 934. The highest BCUT2D eigenvalue weighted by molar-refractivity contribution is 6.08. The summed E-state index contributed by atoms with van der Waals surface area (Å²) in [6.45, 7) is 4.06. The van der Waals surface area contributed by atoms with Crippen LogP contribution in [0, 0.1) is 0 Å². The van der Waals surface area contributed by atoms with Gasteiger partial charge in [-0.3, -0.25) is 9.69 Å². The Balaban J connectivity index is 1.74. The van der Waals surface area contributed by atoms with Crippen LogP contribution in [0.1, 0.15) is 31.7 Å². The van der Waals surface area contributed by atoms with E-state index in [0.29, 0.717) is 6.61 Å². The average Bonchev–Trinajstić information content (AvgIpc) is 2.69. The van der Waals surface area contributed by atoms with Crippen molar-refractivity contribution in [1.82, 2.24) is 4.90 Å². The predicted molar refractivity (Wildman–Crippen MR) is 106 cm³/mol. The van der Waals surface area contributed by atoms with Gasteiger partial charge in [0.2, 0.25) is 0 Å². The van der Waals surface area contributed by atoms with Crippen LogP contribution >= 0.6 is 0 Å². The minimum Gasteiger partial charge on any atom is -0.465 e. The van der Waals surface area contributed by atoms with Crippen LogP contribution in [-0.4, -0.2) is 30.1 Å². The highest BCUT2D eigenvalue weighted by Gasteiger charge is 2.30. The van der Waals surface area contributed by atoms with Crippen LogP contribution in [0.25, 0.3) is 21.5 Å². The number of piperidine rings is 1. The maximum Gasteiger partial charge on any atom is 0.323 e. The quantitative estimate of drug-likeness (QED) is 0.496. The Morgan fingerprint density at radius 1 is 1.04 bits per heavy atom. The van der Waals surface area contributed by atoms with Gasteiger partial charge < -0.3 is 4.74 Å². The summed E-state index contributed by atoms with van der Waals surface area (Å²) in [4.78, 5) is 14.7. The van der Waals surface area contributed by atoms with Gasteiger partial charge in [0.05, 0.1) is 6.61 Å². The second-order valence-electron chi connectivity index (χ2n) is 7.04. The molecule has 3 aromatic carbocycles. The van der Waals surface area contributed by atoms with Crippen LogP contribution in [0.2, 0.25) is 0 Å². The highest BCUT2D eigenvalue weighted by Crippen LogP contribution is 2.31. The van der Waals surface area contributed by atoms with Crippen molar-refractivity contribution in [3.05, 3.63) is 60.2 Å². The minimum atomic E-state index is -0.117. The molecule has 3 heteroatoms. The fraction of sp³-hybridized carbons (Fsp3) is 0.348. The zero-order valence-corrected chi connectivity index (χ0v) is 15.3. The molecule has 4 rings (SSSR count). The average molecular weight is 347 g/mol. The van der Waals surface area contributed by atoms with Gasteiger partial charge in [0, 0.05) is 6.54 Å². The fourth-order valence-corrected chi connectivity index (χ4v) is 4.17. The molecule has 0 aliphatic carbocycles. The number of hydrogen-bond donors (Lipinski definition) is 0. The molecule has 0 N–H and O–H groups in total. The Kier molecular flexibility index (Phi) is 4.89. The molecule has 1 aliphatic rings. The Labute approximate surface area is 154 Å². The van der Waals surface area contributed by atoms with Crippen molar-refractivity contribution in [1.29, 1.82) is 0 Å². The lowest BCUT2D eigenvalue weighted by Crippen LogP contribution is -2.44. The summed E-state index contributed by atoms with van der Waals surface area (Å²) in [7, 11) is 0. The van der Waals surface area contributed by atoms with E-state index in [-0.39, 0.29) is 12.0 Å². The molecule has 0 amide bonds. The molecule has 1 saturated heterocycles. The number of fused-ring (bicyclic) bond motifs is 3. The molecule has 3 nitrogen and oxygen atoms in total. The number of nitrogens with zero attached hydrogens (tertiary/aromatic N) is 1. The zero-order chi connectivity index (χ0) is 17.9. The number of carbonyl (C=O) groups is 1. The first-order chi connectivity index (χ1) is 12.8. The monoisotopic (exact) mass is 347 g/mol. The summed E-state index contributed by atoms with van der Waals surface area (Å²) in [6, 6.07) is 19.3. The van der Waals surface area contributed by atoms with Crippen molar-refractivity contribution in [2.75, 3.05) is 13.2 Å². The molecule has 0 radical (unpaired) electrons. The summed E-state index contributed by atoms with van der Waals surface area (Å²) in [5.41, 5.74) is 1.29. The molecule has 134 valence electrons. The Hall–Kier alpha value is -2.39. The number of rotatable bonds is 4. The predicted octanol–water partition coefficient (Wildman–Crippen LogP) is 4.91. The van der Waals surface area contributed by atoms with E-state index in [9.17, 15) is 4.79 Å². The van der Waals surface area contributed by atoms with Gasteiger partial charge >= 0.3 is 5.97 Å². The van der Waals surface area contributed by atoms with Gasteiger partial charge in [-0.15, -0.1) is 0 Å². The maximum atomic E-state index is 12.4. The smallest absolute Gasteiger partial charge is 0.323 e. The summed E-state index contributed by atoms with van der Waals surface area (Å²) < 4.78 is 5.33. The van der Waals surface area contributed by atoms with Crippen molar-refractivity contribution < 1.29 is 9.53 Å². The van der Waals surface area contributed by atoms with E-state index >= 15 is 0 Å². The second kappa shape index (κ2) is 7.46. The molecule has 0 bridgehead atoms. The third kappa shape index (κ3) is 3.19. The molecule has 0 saturated carbocycles. The van der Waals surface area contributed by atoms with Gasteiger partial charge in [0.1, 0.15) is 6.04 Å². The first kappa shape index (κ1) is 17.0. The summed E-state index contributed by atoms with van der Waals surface area (Å²) in [6.07, 6.45) is 3.13. The summed E-state index contributed by atoms with van der Waals surface area (Å²) in [5.74, 6) is -0.0719. The number of ether oxygens (including phenoxy) is 1. The van der Waals surface area contributed by atoms with E-state index in [1.807, 2.05) is 6.92 Å². The van der Waals surface area contributed by atoms with Gasteiger partial charge in [-0.1, -0.05) is 55.0 Å². The van der Waals surface area contributed by atoms with Gasteiger partial charge in [0.25, 0.3) is 0 Å². The number of likely N-dealkylation sites (tertiary alicyclic amines) is 1. The lowest BCUT2D eigenvalue weighted by molar-refractivity contribution is -0.151. The summed E-state index contributed by atoms with van der Waals surface area (Å²) >= 11 is 0. The van der Waals surface area contributed by atoms with Crippen LogP contribution in [0.4, 0.5) is 0 Å². The van der Waals surface area contributed by atoms with E-state index in [0.717, 1.165) is 32.4 Å². The lowest BCUT2D eigenvalue weighted by atomic mass is 9.95.